The van der Waals surface area contributed by atoms with Gasteiger partial charge in [-0.15, -0.1) is 0 Å². The zero-order valence-electron chi connectivity index (χ0n) is 8.00. The van der Waals surface area contributed by atoms with Crippen molar-refractivity contribution in [1.82, 2.24) is 9.97 Å². The number of aryl methyl sites for hydroxylation is 1. The number of hydrogen-bond donors (Lipinski definition) is 2. The molecule has 0 saturated heterocycles. The Morgan fingerprint density at radius 2 is 2.21 bits per heavy atom. The van der Waals surface area contributed by atoms with E-state index < -0.39 is 6.10 Å². The molecule has 4 heteroatoms. The maximum absolute atomic E-state index is 9.36. The molecule has 14 heavy (non-hydrogen) atoms. The number of benzene rings is 1. The largest absolute Gasteiger partial charge is 0.385 e. The monoisotopic (exact) mass is 254 g/mol. The number of aliphatic hydroxyl groups excluding tert-OH is 1. The summed E-state index contributed by atoms with van der Waals surface area (Å²) < 4.78 is 1.04. The molecule has 0 aliphatic carbocycles. The number of H-pyrrole nitrogens is 1. The standard InChI is InChI=1S/C10H11BrN2O/c1-5-3-8-9(4-7(5)11)13-10(12-8)6(2)14/h3-4,6,14H,1-2H3,(H,12,13)/t6-/m0/s1. The van der Waals surface area contributed by atoms with Crippen molar-refractivity contribution in [2.75, 3.05) is 0 Å². The van der Waals surface area contributed by atoms with Gasteiger partial charge in [-0.2, -0.15) is 0 Å². The molecule has 0 amide bonds. The molecule has 74 valence electrons. The molecule has 0 spiro atoms. The predicted octanol–water partition coefficient (Wildman–Crippen LogP) is 2.69. The van der Waals surface area contributed by atoms with Gasteiger partial charge in [-0.25, -0.2) is 4.98 Å². The molecule has 0 unspecified atom stereocenters. The van der Waals surface area contributed by atoms with E-state index in [2.05, 4.69) is 25.9 Å². The first-order valence-corrected chi connectivity index (χ1v) is 5.21. The first-order valence-electron chi connectivity index (χ1n) is 4.42. The van der Waals surface area contributed by atoms with Gasteiger partial charge in [0.25, 0.3) is 0 Å². The molecule has 0 radical (unpaired) electrons. The number of fused-ring (bicyclic) bond motifs is 1. The highest BCUT2D eigenvalue weighted by atomic mass is 79.9. The number of hydrogen-bond acceptors (Lipinski definition) is 2. The number of aliphatic hydroxyl groups is 1. The third-order valence-electron chi connectivity index (χ3n) is 2.18. The molecule has 0 bridgehead atoms. The molecule has 1 atom stereocenters. The second-order valence-electron chi connectivity index (χ2n) is 3.42. The van der Waals surface area contributed by atoms with Gasteiger partial charge in [-0.1, -0.05) is 15.9 Å². The summed E-state index contributed by atoms with van der Waals surface area (Å²) in [4.78, 5) is 7.36. The van der Waals surface area contributed by atoms with Crippen LogP contribution in [0.5, 0.6) is 0 Å². The third-order valence-corrected chi connectivity index (χ3v) is 3.03. The fourth-order valence-electron chi connectivity index (χ4n) is 1.36. The fourth-order valence-corrected chi connectivity index (χ4v) is 1.69. The number of rotatable bonds is 1. The minimum atomic E-state index is -0.554. The van der Waals surface area contributed by atoms with Gasteiger partial charge in [0.05, 0.1) is 11.0 Å². The summed E-state index contributed by atoms with van der Waals surface area (Å²) in [7, 11) is 0. The fraction of sp³-hybridized carbons (Fsp3) is 0.300. The van der Waals surface area contributed by atoms with Crippen LogP contribution in [0.2, 0.25) is 0 Å². The van der Waals surface area contributed by atoms with Gasteiger partial charge < -0.3 is 10.1 Å². The van der Waals surface area contributed by atoms with E-state index in [9.17, 15) is 5.11 Å². The van der Waals surface area contributed by atoms with Crippen molar-refractivity contribution >= 4 is 27.0 Å². The van der Waals surface area contributed by atoms with Crippen LogP contribution in [0.25, 0.3) is 11.0 Å². The van der Waals surface area contributed by atoms with Gasteiger partial charge in [-0.05, 0) is 31.5 Å². The molecule has 0 aliphatic heterocycles. The van der Waals surface area contributed by atoms with E-state index in [-0.39, 0.29) is 0 Å². The lowest BCUT2D eigenvalue weighted by atomic mass is 10.2. The number of halogens is 1. The molecule has 2 N–H and O–H groups in total. The number of nitrogens with one attached hydrogen (secondary N) is 1. The Kier molecular flexibility index (Phi) is 2.33. The Hall–Kier alpha value is -0.870. The van der Waals surface area contributed by atoms with Crippen LogP contribution >= 0.6 is 15.9 Å². The quantitative estimate of drug-likeness (QED) is 0.823. The smallest absolute Gasteiger partial charge is 0.135 e. The number of aromatic nitrogens is 2. The van der Waals surface area contributed by atoms with Gasteiger partial charge in [0.2, 0.25) is 0 Å². The van der Waals surface area contributed by atoms with Crippen molar-refractivity contribution < 1.29 is 5.11 Å². The molecule has 0 aliphatic rings. The zero-order valence-corrected chi connectivity index (χ0v) is 9.59. The van der Waals surface area contributed by atoms with Gasteiger partial charge in [0.15, 0.2) is 0 Å². The van der Waals surface area contributed by atoms with E-state index in [0.29, 0.717) is 5.82 Å². The van der Waals surface area contributed by atoms with Gasteiger partial charge in [-0.3, -0.25) is 0 Å². The van der Waals surface area contributed by atoms with E-state index in [1.807, 2.05) is 19.1 Å². The van der Waals surface area contributed by atoms with Crippen LogP contribution in [0, 0.1) is 6.92 Å². The van der Waals surface area contributed by atoms with Gasteiger partial charge in [0, 0.05) is 4.47 Å². The lowest BCUT2D eigenvalue weighted by Gasteiger charge is -1.95. The van der Waals surface area contributed by atoms with E-state index in [1.54, 1.807) is 6.92 Å². The van der Waals surface area contributed by atoms with Crippen molar-refractivity contribution in [3.05, 3.63) is 28.0 Å². The van der Waals surface area contributed by atoms with Crippen LogP contribution in [0.3, 0.4) is 0 Å². The molecule has 2 rings (SSSR count). The van der Waals surface area contributed by atoms with Crippen molar-refractivity contribution in [3.8, 4) is 0 Å². The second-order valence-corrected chi connectivity index (χ2v) is 4.27. The highest BCUT2D eigenvalue weighted by Crippen LogP contribution is 2.23. The summed E-state index contributed by atoms with van der Waals surface area (Å²) in [5.74, 6) is 0.609. The molecule has 1 aromatic carbocycles. The Morgan fingerprint density at radius 1 is 1.50 bits per heavy atom. The summed E-state index contributed by atoms with van der Waals surface area (Å²) in [5.41, 5.74) is 2.98. The minimum absolute atomic E-state index is 0.554. The normalized spacial score (nSPS) is 13.4. The maximum Gasteiger partial charge on any atom is 0.135 e. The van der Waals surface area contributed by atoms with E-state index >= 15 is 0 Å². The maximum atomic E-state index is 9.36. The average Bonchev–Trinajstić information content (AvgIpc) is 2.48. The molecular formula is C10H11BrN2O. The van der Waals surface area contributed by atoms with Crippen molar-refractivity contribution in [3.63, 3.8) is 0 Å². The average molecular weight is 255 g/mol. The summed E-state index contributed by atoms with van der Waals surface area (Å²) in [5, 5.41) is 9.36. The lowest BCUT2D eigenvalue weighted by Crippen LogP contribution is -1.92. The minimum Gasteiger partial charge on any atom is -0.385 e. The molecule has 0 saturated carbocycles. The SMILES string of the molecule is Cc1cc2[nH]c([C@H](C)O)nc2cc1Br. The van der Waals surface area contributed by atoms with Crippen molar-refractivity contribution in [2.45, 2.75) is 20.0 Å². The Morgan fingerprint density at radius 3 is 2.86 bits per heavy atom. The van der Waals surface area contributed by atoms with Crippen molar-refractivity contribution in [1.29, 1.82) is 0 Å². The van der Waals surface area contributed by atoms with E-state index in [4.69, 9.17) is 0 Å². The summed E-state index contributed by atoms with van der Waals surface area (Å²) in [6.45, 7) is 3.71. The lowest BCUT2D eigenvalue weighted by molar-refractivity contribution is 0.190. The predicted molar refractivity (Wildman–Crippen MR) is 59.2 cm³/mol. The topological polar surface area (TPSA) is 48.9 Å². The van der Waals surface area contributed by atoms with Crippen molar-refractivity contribution in [2.24, 2.45) is 0 Å². The van der Waals surface area contributed by atoms with Crippen LogP contribution in [0.15, 0.2) is 16.6 Å². The van der Waals surface area contributed by atoms with Crippen LogP contribution in [-0.4, -0.2) is 15.1 Å². The number of nitrogens with zero attached hydrogens (tertiary/aromatic N) is 1. The number of imidazole rings is 1. The van der Waals surface area contributed by atoms with Crippen LogP contribution in [-0.2, 0) is 0 Å². The van der Waals surface area contributed by atoms with E-state index in [1.165, 1.54) is 0 Å². The highest BCUT2D eigenvalue weighted by Gasteiger charge is 2.08. The van der Waals surface area contributed by atoms with Gasteiger partial charge >= 0.3 is 0 Å². The third kappa shape index (κ3) is 1.55. The zero-order chi connectivity index (χ0) is 10.3. The van der Waals surface area contributed by atoms with Gasteiger partial charge in [0.1, 0.15) is 11.9 Å². The summed E-state index contributed by atoms with van der Waals surface area (Å²) in [6, 6.07) is 3.96. The first kappa shape index (κ1) is 9.68. The molecule has 2 aromatic rings. The van der Waals surface area contributed by atoms with Crippen LogP contribution < -0.4 is 0 Å². The first-order chi connectivity index (χ1) is 6.58. The summed E-state index contributed by atoms with van der Waals surface area (Å²) >= 11 is 3.45. The Labute approximate surface area is 90.3 Å². The Bertz CT molecular complexity index is 437. The molecule has 3 nitrogen and oxygen atoms in total. The number of aromatic amines is 1. The highest BCUT2D eigenvalue weighted by molar-refractivity contribution is 9.10. The summed E-state index contributed by atoms with van der Waals surface area (Å²) in [6.07, 6.45) is -0.554. The van der Waals surface area contributed by atoms with E-state index in [0.717, 1.165) is 21.1 Å². The van der Waals surface area contributed by atoms with Crippen LogP contribution in [0.1, 0.15) is 24.4 Å². The molecule has 1 aromatic heterocycles. The second kappa shape index (κ2) is 3.37. The molecule has 0 fully saturated rings. The molecular weight excluding hydrogens is 244 g/mol. The van der Waals surface area contributed by atoms with Crippen LogP contribution in [0.4, 0.5) is 0 Å². The Balaban J connectivity index is 2.66. The molecule has 1 heterocycles.